The Morgan fingerprint density at radius 3 is 2.68 bits per heavy atom. The molecule has 1 aliphatic carbocycles. The fourth-order valence-electron chi connectivity index (χ4n) is 3.44. The summed E-state index contributed by atoms with van der Waals surface area (Å²) in [6, 6.07) is 3.07. The third-order valence-corrected chi connectivity index (χ3v) is 7.06. The van der Waals surface area contributed by atoms with Gasteiger partial charge in [-0.1, -0.05) is 13.8 Å². The van der Waals surface area contributed by atoms with E-state index in [1.54, 1.807) is 16.0 Å². The summed E-state index contributed by atoms with van der Waals surface area (Å²) in [7, 11) is 0. The van der Waals surface area contributed by atoms with Gasteiger partial charge in [-0.15, -0.1) is 11.3 Å². The summed E-state index contributed by atoms with van der Waals surface area (Å²) in [5, 5.41) is 12.6. The van der Waals surface area contributed by atoms with E-state index in [9.17, 15) is 24.3 Å². The predicted octanol–water partition coefficient (Wildman–Crippen LogP) is 1.96. The van der Waals surface area contributed by atoms with Gasteiger partial charge in [-0.2, -0.15) is 4.37 Å². The van der Waals surface area contributed by atoms with Gasteiger partial charge in [-0.05, 0) is 42.2 Å². The number of nitrogens with two attached hydrogens (primary N) is 1. The highest BCUT2D eigenvalue weighted by Gasteiger charge is 2.22. The zero-order valence-electron chi connectivity index (χ0n) is 18.6. The Hall–Kier alpha value is -3.51. The van der Waals surface area contributed by atoms with Crippen LogP contribution in [-0.2, 0) is 11.3 Å². The van der Waals surface area contributed by atoms with Crippen LogP contribution in [-0.4, -0.2) is 31.0 Å². The average molecular weight is 503 g/mol. The number of aromatic nitrogens is 3. The van der Waals surface area contributed by atoms with Crippen LogP contribution in [0.15, 0.2) is 31.9 Å². The standard InChI is InChI=1S/C22H22N4O6S2/c1-9(2)4-6-26-11-5-7-33-19(11)17(28)14(22(26)31)21-24-15-13(34-25-21)8-12(16(27)18(15)29)32-10(3)20(23)30/h5,7-10,28H,4,6H2,1-3H3,(H2,23,30)(H,24,25)/t10-/m1/s1. The Labute approximate surface area is 200 Å². The van der Waals surface area contributed by atoms with E-state index >= 15 is 0 Å². The maximum absolute atomic E-state index is 13.4. The summed E-state index contributed by atoms with van der Waals surface area (Å²) >= 11 is 2.13. The van der Waals surface area contributed by atoms with Crippen molar-refractivity contribution in [3.05, 3.63) is 58.2 Å². The van der Waals surface area contributed by atoms with Crippen LogP contribution in [0.4, 0.5) is 0 Å². The van der Waals surface area contributed by atoms with Crippen molar-refractivity contribution in [3.63, 3.8) is 0 Å². The van der Waals surface area contributed by atoms with Crippen molar-refractivity contribution < 1.29 is 14.6 Å². The molecule has 2 aromatic rings. The van der Waals surface area contributed by atoms with E-state index in [0.29, 0.717) is 22.7 Å². The molecule has 4 N–H and O–H groups in total. The van der Waals surface area contributed by atoms with Crippen molar-refractivity contribution in [1.82, 2.24) is 13.9 Å². The molecule has 0 spiro atoms. The molecule has 0 radical (unpaired) electrons. The predicted molar refractivity (Wildman–Crippen MR) is 130 cm³/mol. The molecule has 10 nitrogen and oxygen atoms in total. The van der Waals surface area contributed by atoms with Crippen LogP contribution in [0.25, 0.3) is 21.6 Å². The van der Waals surface area contributed by atoms with E-state index in [-0.39, 0.29) is 32.8 Å². The number of carbonyl (C=O) groups is 1. The third-order valence-electron chi connectivity index (χ3n) is 5.36. The molecule has 0 saturated carbocycles. The Balaban J connectivity index is 1.93. The van der Waals surface area contributed by atoms with Crippen LogP contribution in [0.1, 0.15) is 27.2 Å². The first-order chi connectivity index (χ1) is 16.1. The normalized spacial score (nSPS) is 12.5. The Morgan fingerprint density at radius 2 is 2.00 bits per heavy atom. The molecule has 12 heteroatoms. The highest BCUT2D eigenvalue weighted by atomic mass is 32.1. The minimum absolute atomic E-state index is 0.0238. The van der Waals surface area contributed by atoms with Gasteiger partial charge in [0.15, 0.2) is 23.4 Å². The average Bonchev–Trinajstić information content (AvgIpc) is 3.27. The van der Waals surface area contributed by atoms with E-state index in [2.05, 4.69) is 23.2 Å². The molecule has 3 heterocycles. The topological polar surface area (TPSA) is 157 Å². The number of carbonyl (C=O) groups excluding carboxylic acids is 1. The number of ether oxygens (including phenoxy) is 1. The van der Waals surface area contributed by atoms with Crippen molar-refractivity contribution in [2.24, 2.45) is 11.7 Å². The largest absolute Gasteiger partial charge is 0.505 e. The van der Waals surface area contributed by atoms with Gasteiger partial charge in [0.1, 0.15) is 10.9 Å². The fourth-order valence-corrected chi connectivity index (χ4v) is 5.01. The number of H-pyrrole nitrogens is 1. The molecular weight excluding hydrogens is 480 g/mol. The fraction of sp³-hybridized carbons (Fsp3) is 0.318. The smallest absolute Gasteiger partial charge is 0.269 e. The number of nitrogens with one attached hydrogen (secondary N) is 1. The maximum atomic E-state index is 13.4. The van der Waals surface area contributed by atoms with Crippen LogP contribution < -0.4 is 26.9 Å². The first-order valence-corrected chi connectivity index (χ1v) is 12.1. The molecule has 1 atom stereocenters. The lowest BCUT2D eigenvalue weighted by Crippen LogP contribution is -2.35. The number of aromatic amines is 1. The first kappa shape index (κ1) is 23.6. The highest BCUT2D eigenvalue weighted by Crippen LogP contribution is 2.35. The molecule has 178 valence electrons. The number of amides is 1. The molecule has 2 aromatic heterocycles. The number of primary amides is 1. The number of aryl methyl sites for hydroxylation is 1. The number of fused-ring (bicyclic) bond motifs is 1. The Bertz CT molecular complexity index is 1650. The van der Waals surface area contributed by atoms with E-state index in [4.69, 9.17) is 10.5 Å². The summed E-state index contributed by atoms with van der Waals surface area (Å²) in [6.45, 7) is 5.91. The van der Waals surface area contributed by atoms with Crippen molar-refractivity contribution in [3.8, 4) is 22.9 Å². The number of thiophene rings is 1. The zero-order valence-corrected chi connectivity index (χ0v) is 20.2. The second-order valence-corrected chi connectivity index (χ2v) is 9.94. The molecule has 0 unspecified atom stereocenters. The lowest BCUT2D eigenvalue weighted by molar-refractivity contribution is -0.124. The summed E-state index contributed by atoms with van der Waals surface area (Å²) in [6.07, 6.45) is -0.354. The quantitative estimate of drug-likeness (QED) is 0.326. The lowest BCUT2D eigenvalue weighted by Gasteiger charge is -2.13. The molecule has 0 fully saturated rings. The number of pyridine rings is 1. The van der Waals surface area contributed by atoms with Crippen LogP contribution >= 0.6 is 22.9 Å². The van der Waals surface area contributed by atoms with E-state index in [0.717, 1.165) is 18.0 Å². The van der Waals surface area contributed by atoms with Gasteiger partial charge in [-0.25, -0.2) is 0 Å². The summed E-state index contributed by atoms with van der Waals surface area (Å²) in [5.41, 5.74) is 3.38. The van der Waals surface area contributed by atoms with E-state index < -0.39 is 28.4 Å². The van der Waals surface area contributed by atoms with Gasteiger partial charge in [0.25, 0.3) is 22.3 Å². The van der Waals surface area contributed by atoms with Crippen LogP contribution in [0.2, 0.25) is 0 Å². The highest BCUT2D eigenvalue weighted by molar-refractivity contribution is 7.17. The number of hydrogen-bond donors (Lipinski definition) is 3. The zero-order chi connectivity index (χ0) is 24.7. The Morgan fingerprint density at radius 1 is 1.26 bits per heavy atom. The van der Waals surface area contributed by atoms with Crippen molar-refractivity contribution in [2.45, 2.75) is 39.8 Å². The molecule has 0 saturated heterocycles. The van der Waals surface area contributed by atoms with Gasteiger partial charge >= 0.3 is 0 Å². The van der Waals surface area contributed by atoms with Gasteiger partial charge in [0.05, 0.1) is 14.7 Å². The lowest BCUT2D eigenvalue weighted by atomic mass is 10.1. The molecular formula is C22H22N4O6S2. The Kier molecular flexibility index (Phi) is 6.28. The van der Waals surface area contributed by atoms with Crippen LogP contribution in [0.5, 0.6) is 11.5 Å². The summed E-state index contributed by atoms with van der Waals surface area (Å²) in [4.78, 5) is 52.7. The minimum Gasteiger partial charge on any atom is -0.505 e. The third kappa shape index (κ3) is 4.10. The number of aromatic hydroxyl groups is 1. The van der Waals surface area contributed by atoms with Crippen molar-refractivity contribution >= 4 is 39.0 Å². The van der Waals surface area contributed by atoms with Gasteiger partial charge in [-0.3, -0.25) is 19.2 Å². The van der Waals surface area contributed by atoms with E-state index in [1.165, 1.54) is 24.3 Å². The second kappa shape index (κ2) is 9.03. The molecule has 2 aliphatic rings. The van der Waals surface area contributed by atoms with Gasteiger partial charge < -0.3 is 25.1 Å². The molecule has 0 aromatic carbocycles. The molecule has 34 heavy (non-hydrogen) atoms. The SMILES string of the molecule is CC(C)CCn1c(=O)c(-c2nsc3cc(O[C@H](C)C(N)=O)c(=O)c(=O)c=3[nH]2)c(O)c2sccc21. The molecule has 4 rings (SSSR count). The second-order valence-electron chi connectivity index (χ2n) is 8.22. The summed E-state index contributed by atoms with van der Waals surface area (Å²) in [5.74, 6) is -1.01. The number of hydrogen-bond acceptors (Lipinski definition) is 9. The summed E-state index contributed by atoms with van der Waals surface area (Å²) < 4.78 is 11.9. The van der Waals surface area contributed by atoms with Crippen molar-refractivity contribution in [2.75, 3.05) is 0 Å². The van der Waals surface area contributed by atoms with Gasteiger partial charge in [0.2, 0.25) is 0 Å². The van der Waals surface area contributed by atoms with Crippen LogP contribution in [0, 0.1) is 15.8 Å². The van der Waals surface area contributed by atoms with Gasteiger partial charge in [0, 0.05) is 12.6 Å². The van der Waals surface area contributed by atoms with Crippen molar-refractivity contribution in [1.29, 1.82) is 0 Å². The minimum atomic E-state index is -1.11. The van der Waals surface area contributed by atoms with Crippen LogP contribution in [0.3, 0.4) is 0 Å². The molecule has 1 aliphatic heterocycles. The molecule has 1 amide bonds. The van der Waals surface area contributed by atoms with E-state index in [1.807, 2.05) is 0 Å². The first-order valence-electron chi connectivity index (χ1n) is 10.5. The number of rotatable bonds is 7. The maximum Gasteiger partial charge on any atom is 0.269 e. The molecule has 0 bridgehead atoms. The number of nitrogens with zero attached hydrogens (tertiary/aromatic N) is 2. The monoisotopic (exact) mass is 502 g/mol.